The Kier molecular flexibility index (Phi) is 3.60. The van der Waals surface area contributed by atoms with Gasteiger partial charge < -0.3 is 0 Å². The second kappa shape index (κ2) is 5.55. The molecule has 0 aliphatic carbocycles. The summed E-state index contributed by atoms with van der Waals surface area (Å²) >= 11 is 13.1. The standard InChI is InChI=1S/C18H13ClN2OS2/c1-10-3-6-14-13(7-10)17(22)20(16-9-24-18(23)21(14)16)15-8-12(19)5-4-11(15)2/h3-9H,1-2H3. The first-order chi connectivity index (χ1) is 11.5. The molecular weight excluding hydrogens is 360 g/mol. The van der Waals surface area contributed by atoms with Gasteiger partial charge in [-0.15, -0.1) is 11.3 Å². The molecule has 3 nitrogen and oxygen atoms in total. The summed E-state index contributed by atoms with van der Waals surface area (Å²) in [5, 5.41) is 3.17. The van der Waals surface area contributed by atoms with Crippen molar-refractivity contribution in [1.82, 2.24) is 8.97 Å². The molecule has 2 aromatic heterocycles. The number of hydrogen-bond acceptors (Lipinski definition) is 3. The molecule has 24 heavy (non-hydrogen) atoms. The lowest BCUT2D eigenvalue weighted by atomic mass is 10.1. The van der Waals surface area contributed by atoms with Gasteiger partial charge >= 0.3 is 0 Å². The number of aryl methyl sites for hydroxylation is 2. The van der Waals surface area contributed by atoms with E-state index in [1.54, 1.807) is 4.57 Å². The van der Waals surface area contributed by atoms with Crippen molar-refractivity contribution in [1.29, 1.82) is 0 Å². The zero-order valence-corrected chi connectivity index (χ0v) is 15.4. The molecule has 0 N–H and O–H groups in total. The van der Waals surface area contributed by atoms with Crippen molar-refractivity contribution in [2.24, 2.45) is 0 Å². The molecule has 0 saturated heterocycles. The van der Waals surface area contributed by atoms with Crippen molar-refractivity contribution >= 4 is 51.7 Å². The van der Waals surface area contributed by atoms with E-state index >= 15 is 0 Å². The third kappa shape index (κ3) is 2.24. The molecule has 0 aliphatic rings. The normalized spacial score (nSPS) is 11.5. The molecule has 4 rings (SSSR count). The third-order valence-electron chi connectivity index (χ3n) is 4.14. The quantitative estimate of drug-likeness (QED) is 0.423. The molecule has 4 aromatic rings. The van der Waals surface area contributed by atoms with Crippen LogP contribution in [0.15, 0.2) is 46.6 Å². The average molecular weight is 373 g/mol. The fourth-order valence-electron chi connectivity index (χ4n) is 2.97. The molecule has 0 radical (unpaired) electrons. The minimum atomic E-state index is -0.0631. The number of nitrogens with zero attached hydrogens (tertiary/aromatic N) is 2. The Bertz CT molecular complexity index is 1230. The lowest BCUT2D eigenvalue weighted by Gasteiger charge is -2.14. The van der Waals surface area contributed by atoms with Crippen LogP contribution >= 0.6 is 35.2 Å². The van der Waals surface area contributed by atoms with E-state index in [1.807, 2.05) is 60.0 Å². The highest BCUT2D eigenvalue weighted by molar-refractivity contribution is 7.73. The van der Waals surface area contributed by atoms with Gasteiger partial charge in [-0.25, -0.2) is 0 Å². The van der Waals surface area contributed by atoms with Gasteiger partial charge in [0.1, 0.15) is 5.65 Å². The van der Waals surface area contributed by atoms with Crippen LogP contribution in [0.2, 0.25) is 5.02 Å². The van der Waals surface area contributed by atoms with Crippen LogP contribution in [0.3, 0.4) is 0 Å². The summed E-state index contributed by atoms with van der Waals surface area (Å²) in [5.74, 6) is 0. The van der Waals surface area contributed by atoms with Crippen LogP contribution in [0.4, 0.5) is 0 Å². The Morgan fingerprint density at radius 3 is 2.71 bits per heavy atom. The van der Waals surface area contributed by atoms with Crippen molar-refractivity contribution in [2.45, 2.75) is 13.8 Å². The lowest BCUT2D eigenvalue weighted by Crippen LogP contribution is -2.22. The van der Waals surface area contributed by atoms with E-state index in [1.165, 1.54) is 11.3 Å². The van der Waals surface area contributed by atoms with Crippen molar-refractivity contribution in [3.05, 3.63) is 72.2 Å². The Labute approximate surface area is 152 Å². The van der Waals surface area contributed by atoms with Crippen molar-refractivity contribution in [3.8, 4) is 5.69 Å². The van der Waals surface area contributed by atoms with E-state index < -0.39 is 0 Å². The zero-order valence-electron chi connectivity index (χ0n) is 13.0. The topological polar surface area (TPSA) is 26.4 Å². The Morgan fingerprint density at radius 1 is 1.12 bits per heavy atom. The fourth-order valence-corrected chi connectivity index (χ4v) is 4.19. The number of fused-ring (bicyclic) bond motifs is 3. The smallest absolute Gasteiger partial charge is 0.266 e. The summed E-state index contributed by atoms with van der Waals surface area (Å²) in [4.78, 5) is 13.2. The Hall–Kier alpha value is -1.95. The molecule has 0 saturated carbocycles. The molecule has 0 unspecified atom stereocenters. The van der Waals surface area contributed by atoms with Crippen LogP contribution < -0.4 is 5.56 Å². The molecule has 0 atom stereocenters. The van der Waals surface area contributed by atoms with Crippen molar-refractivity contribution < 1.29 is 0 Å². The highest BCUT2D eigenvalue weighted by Crippen LogP contribution is 2.25. The van der Waals surface area contributed by atoms with Gasteiger partial charge in [0.2, 0.25) is 0 Å². The minimum absolute atomic E-state index is 0.0631. The van der Waals surface area contributed by atoms with Crippen LogP contribution in [-0.2, 0) is 0 Å². The highest BCUT2D eigenvalue weighted by Gasteiger charge is 2.15. The van der Waals surface area contributed by atoms with E-state index in [-0.39, 0.29) is 5.56 Å². The van der Waals surface area contributed by atoms with Gasteiger partial charge in [0.05, 0.1) is 16.6 Å². The predicted molar refractivity (Wildman–Crippen MR) is 104 cm³/mol. The lowest BCUT2D eigenvalue weighted by molar-refractivity contribution is 0.985. The molecule has 0 fully saturated rings. The summed E-state index contributed by atoms with van der Waals surface area (Å²) in [5.41, 5.74) is 4.33. The number of benzene rings is 2. The molecular formula is C18H13ClN2OS2. The van der Waals surface area contributed by atoms with Crippen molar-refractivity contribution in [3.63, 3.8) is 0 Å². The first-order valence-electron chi connectivity index (χ1n) is 7.39. The molecule has 0 spiro atoms. The maximum atomic E-state index is 13.2. The van der Waals surface area contributed by atoms with Crippen LogP contribution in [-0.4, -0.2) is 8.97 Å². The van der Waals surface area contributed by atoms with E-state index in [2.05, 4.69) is 0 Å². The van der Waals surface area contributed by atoms with Crippen LogP contribution in [0, 0.1) is 17.8 Å². The molecule has 0 aliphatic heterocycles. The average Bonchev–Trinajstić information content (AvgIpc) is 2.92. The van der Waals surface area contributed by atoms with Gasteiger partial charge in [-0.2, -0.15) is 0 Å². The molecule has 0 bridgehead atoms. The van der Waals surface area contributed by atoms with Gasteiger partial charge in [-0.3, -0.25) is 13.8 Å². The maximum Gasteiger partial charge on any atom is 0.266 e. The fraction of sp³-hybridized carbons (Fsp3) is 0.111. The number of rotatable bonds is 1. The summed E-state index contributed by atoms with van der Waals surface area (Å²) in [6.07, 6.45) is 0. The van der Waals surface area contributed by atoms with E-state index in [4.69, 9.17) is 23.8 Å². The number of aromatic nitrogens is 2. The van der Waals surface area contributed by atoms with E-state index in [9.17, 15) is 4.79 Å². The third-order valence-corrected chi connectivity index (χ3v) is 5.56. The van der Waals surface area contributed by atoms with Gasteiger partial charge in [0, 0.05) is 10.4 Å². The zero-order chi connectivity index (χ0) is 17.0. The summed E-state index contributed by atoms with van der Waals surface area (Å²) in [7, 11) is 0. The molecule has 120 valence electrons. The molecule has 2 heterocycles. The monoisotopic (exact) mass is 372 g/mol. The van der Waals surface area contributed by atoms with Gasteiger partial charge in [0.25, 0.3) is 5.56 Å². The first kappa shape index (κ1) is 15.6. The summed E-state index contributed by atoms with van der Waals surface area (Å²) in [6, 6.07) is 11.4. The molecule has 2 aromatic carbocycles. The van der Waals surface area contributed by atoms with Crippen LogP contribution in [0.5, 0.6) is 0 Å². The second-order valence-corrected chi connectivity index (χ2v) is 7.73. The second-order valence-electron chi connectivity index (χ2n) is 5.79. The molecule has 0 amide bonds. The maximum absolute atomic E-state index is 13.2. The first-order valence-corrected chi connectivity index (χ1v) is 9.06. The minimum Gasteiger partial charge on any atom is -0.276 e. The van der Waals surface area contributed by atoms with Gasteiger partial charge in [0.15, 0.2) is 3.95 Å². The largest absolute Gasteiger partial charge is 0.276 e. The van der Waals surface area contributed by atoms with Gasteiger partial charge in [-0.05, 0) is 55.9 Å². The van der Waals surface area contributed by atoms with Crippen LogP contribution in [0.1, 0.15) is 11.1 Å². The van der Waals surface area contributed by atoms with E-state index in [0.717, 1.165) is 28.0 Å². The number of thiazole rings is 1. The van der Waals surface area contributed by atoms with E-state index in [0.29, 0.717) is 14.4 Å². The number of hydrogen-bond donors (Lipinski definition) is 0. The molecule has 6 heteroatoms. The van der Waals surface area contributed by atoms with Gasteiger partial charge in [-0.1, -0.05) is 29.3 Å². The van der Waals surface area contributed by atoms with Crippen molar-refractivity contribution in [2.75, 3.05) is 0 Å². The Morgan fingerprint density at radius 2 is 1.92 bits per heavy atom. The number of halogens is 1. The van der Waals surface area contributed by atoms with Crippen LogP contribution in [0.25, 0.3) is 22.2 Å². The predicted octanol–water partition coefficient (Wildman–Crippen LogP) is 5.30. The Balaban J connectivity index is 2.31. The highest BCUT2D eigenvalue weighted by atomic mass is 35.5. The summed E-state index contributed by atoms with van der Waals surface area (Å²) < 4.78 is 4.37. The SMILES string of the molecule is Cc1ccc2c(c1)c(=O)n(-c1cc(Cl)ccc1C)c1csc(=S)n21. The summed E-state index contributed by atoms with van der Waals surface area (Å²) in [6.45, 7) is 3.95.